The third kappa shape index (κ3) is 4.10. The van der Waals surface area contributed by atoms with Gasteiger partial charge < -0.3 is 19.0 Å². The van der Waals surface area contributed by atoms with E-state index < -0.39 is 0 Å². The molecular formula is C18H23N3O4. The molecule has 2 amide bonds. The summed E-state index contributed by atoms with van der Waals surface area (Å²) >= 11 is 0. The molecule has 1 fully saturated rings. The highest BCUT2D eigenvalue weighted by atomic mass is 16.6. The van der Waals surface area contributed by atoms with Crippen molar-refractivity contribution in [3.05, 3.63) is 29.7 Å². The number of ether oxygens (including phenoxy) is 1. The first-order valence-corrected chi connectivity index (χ1v) is 8.62. The van der Waals surface area contributed by atoms with E-state index >= 15 is 0 Å². The number of amides is 2. The van der Waals surface area contributed by atoms with Crippen molar-refractivity contribution >= 4 is 23.1 Å². The first kappa shape index (κ1) is 17.3. The minimum absolute atomic E-state index is 0.111. The van der Waals surface area contributed by atoms with Crippen molar-refractivity contribution in [3.63, 3.8) is 0 Å². The molecule has 1 saturated heterocycles. The van der Waals surface area contributed by atoms with Gasteiger partial charge in [0.25, 0.3) is 0 Å². The fourth-order valence-electron chi connectivity index (χ4n) is 3.01. The zero-order chi connectivity index (χ0) is 17.8. The van der Waals surface area contributed by atoms with E-state index in [0.29, 0.717) is 51.5 Å². The van der Waals surface area contributed by atoms with Gasteiger partial charge in [-0.1, -0.05) is 6.07 Å². The van der Waals surface area contributed by atoms with Crippen molar-refractivity contribution in [1.29, 1.82) is 0 Å². The van der Waals surface area contributed by atoms with Crippen LogP contribution in [0.4, 0.5) is 4.79 Å². The van der Waals surface area contributed by atoms with Gasteiger partial charge in [-0.3, -0.25) is 4.79 Å². The molecule has 2 heterocycles. The minimum Gasteiger partial charge on any atom is -0.450 e. The van der Waals surface area contributed by atoms with Gasteiger partial charge in [0.05, 0.1) is 6.61 Å². The molecule has 7 heteroatoms. The number of fused-ring (bicyclic) bond motifs is 1. The summed E-state index contributed by atoms with van der Waals surface area (Å²) in [7, 11) is 0. The quantitative estimate of drug-likeness (QED) is 0.850. The van der Waals surface area contributed by atoms with Gasteiger partial charge in [-0.2, -0.15) is 0 Å². The van der Waals surface area contributed by atoms with E-state index in [2.05, 4.69) is 4.98 Å². The summed E-state index contributed by atoms with van der Waals surface area (Å²) in [6.45, 7) is 6.13. The molecule has 0 aliphatic carbocycles. The van der Waals surface area contributed by atoms with Crippen LogP contribution in [-0.2, 0) is 16.0 Å². The van der Waals surface area contributed by atoms with Gasteiger partial charge in [-0.25, -0.2) is 9.78 Å². The molecule has 7 nitrogen and oxygen atoms in total. The summed E-state index contributed by atoms with van der Waals surface area (Å²) in [4.78, 5) is 31.9. The molecule has 134 valence electrons. The molecule has 1 aliphatic rings. The van der Waals surface area contributed by atoms with Gasteiger partial charge in [0.2, 0.25) is 5.91 Å². The summed E-state index contributed by atoms with van der Waals surface area (Å²) in [5, 5.41) is 0. The normalized spacial score (nSPS) is 14.8. The first-order valence-electron chi connectivity index (χ1n) is 8.62. The molecule has 2 aromatic rings. The maximum Gasteiger partial charge on any atom is 0.409 e. The molecule has 25 heavy (non-hydrogen) atoms. The molecule has 0 N–H and O–H groups in total. The van der Waals surface area contributed by atoms with Crippen LogP contribution in [0.2, 0.25) is 0 Å². The van der Waals surface area contributed by atoms with E-state index in [4.69, 9.17) is 9.15 Å². The molecule has 0 spiro atoms. The summed E-state index contributed by atoms with van der Waals surface area (Å²) in [6.07, 6.45) is 0.811. The Balaban J connectivity index is 1.50. The summed E-state index contributed by atoms with van der Waals surface area (Å²) in [5.41, 5.74) is 2.66. The van der Waals surface area contributed by atoms with Gasteiger partial charge in [0.1, 0.15) is 5.52 Å². The molecule has 3 rings (SSSR count). The lowest BCUT2D eigenvalue weighted by Gasteiger charge is -2.34. The number of hydrogen-bond acceptors (Lipinski definition) is 5. The molecule has 0 radical (unpaired) electrons. The number of benzene rings is 1. The maximum atomic E-state index is 12.4. The number of oxazole rings is 1. The van der Waals surface area contributed by atoms with Crippen LogP contribution < -0.4 is 0 Å². The Morgan fingerprint density at radius 2 is 1.92 bits per heavy atom. The zero-order valence-corrected chi connectivity index (χ0v) is 14.7. The second-order valence-electron chi connectivity index (χ2n) is 6.10. The Hall–Kier alpha value is -2.57. The topological polar surface area (TPSA) is 75.9 Å². The van der Waals surface area contributed by atoms with Crippen LogP contribution >= 0.6 is 0 Å². The Kier molecular flexibility index (Phi) is 5.21. The number of aromatic nitrogens is 1. The van der Waals surface area contributed by atoms with E-state index in [9.17, 15) is 9.59 Å². The molecule has 1 aliphatic heterocycles. The highest BCUT2D eigenvalue weighted by Gasteiger charge is 2.24. The highest BCUT2D eigenvalue weighted by Crippen LogP contribution is 2.18. The van der Waals surface area contributed by atoms with Crippen molar-refractivity contribution in [1.82, 2.24) is 14.8 Å². The lowest BCUT2D eigenvalue weighted by atomic mass is 10.1. The smallest absolute Gasteiger partial charge is 0.409 e. The van der Waals surface area contributed by atoms with Crippen molar-refractivity contribution in [2.24, 2.45) is 0 Å². The largest absolute Gasteiger partial charge is 0.450 e. The average molecular weight is 345 g/mol. The maximum absolute atomic E-state index is 12.4. The van der Waals surface area contributed by atoms with E-state index in [-0.39, 0.29) is 12.0 Å². The third-order valence-corrected chi connectivity index (χ3v) is 4.34. The van der Waals surface area contributed by atoms with Gasteiger partial charge >= 0.3 is 6.09 Å². The fraction of sp³-hybridized carbons (Fsp3) is 0.500. The molecule has 1 aromatic carbocycles. The summed E-state index contributed by atoms with van der Waals surface area (Å²) < 4.78 is 10.5. The van der Waals surface area contributed by atoms with Crippen molar-refractivity contribution < 1.29 is 18.7 Å². The molecule has 1 aromatic heterocycles. The number of rotatable bonds is 4. The monoisotopic (exact) mass is 345 g/mol. The Bertz CT molecular complexity index is 763. The number of carbonyl (C=O) groups excluding carboxylic acids is 2. The lowest BCUT2D eigenvalue weighted by molar-refractivity contribution is -0.132. The number of piperazine rings is 1. The molecule has 0 atom stereocenters. The Labute approximate surface area is 146 Å². The van der Waals surface area contributed by atoms with Crippen molar-refractivity contribution in [3.8, 4) is 0 Å². The van der Waals surface area contributed by atoms with E-state index in [1.807, 2.05) is 30.0 Å². The van der Waals surface area contributed by atoms with Gasteiger partial charge in [0.15, 0.2) is 11.5 Å². The van der Waals surface area contributed by atoms with Crippen LogP contribution in [0, 0.1) is 6.92 Å². The van der Waals surface area contributed by atoms with Gasteiger partial charge in [-0.05, 0) is 31.0 Å². The van der Waals surface area contributed by atoms with Crippen LogP contribution in [0.5, 0.6) is 0 Å². The van der Waals surface area contributed by atoms with Crippen LogP contribution in [0.25, 0.3) is 11.1 Å². The molecule has 0 bridgehead atoms. The molecule has 0 saturated carbocycles. The second-order valence-corrected chi connectivity index (χ2v) is 6.10. The number of hydrogen-bond donors (Lipinski definition) is 0. The van der Waals surface area contributed by atoms with E-state index in [0.717, 1.165) is 16.7 Å². The fourth-order valence-corrected chi connectivity index (χ4v) is 3.01. The standard InChI is InChI=1S/C18H23N3O4/c1-3-24-18(23)21-10-8-20(9-11-21)17(22)7-5-14-4-6-16-15(12-14)19-13(2)25-16/h4,6,12H,3,5,7-11H2,1-2H3. The zero-order valence-electron chi connectivity index (χ0n) is 14.7. The predicted octanol–water partition coefficient (Wildman–Crippen LogP) is 2.37. The van der Waals surface area contributed by atoms with Crippen LogP contribution in [0.1, 0.15) is 24.8 Å². The predicted molar refractivity (Wildman–Crippen MR) is 92.2 cm³/mol. The van der Waals surface area contributed by atoms with Crippen molar-refractivity contribution in [2.45, 2.75) is 26.7 Å². The second kappa shape index (κ2) is 7.55. The van der Waals surface area contributed by atoms with E-state index in [1.165, 1.54) is 0 Å². The summed E-state index contributed by atoms with van der Waals surface area (Å²) in [6, 6.07) is 5.84. The number of aryl methyl sites for hydroxylation is 2. The Morgan fingerprint density at radius 3 is 2.64 bits per heavy atom. The van der Waals surface area contributed by atoms with Gasteiger partial charge in [0, 0.05) is 39.5 Å². The van der Waals surface area contributed by atoms with Gasteiger partial charge in [-0.15, -0.1) is 0 Å². The van der Waals surface area contributed by atoms with Crippen LogP contribution in [0.3, 0.4) is 0 Å². The molecule has 0 unspecified atom stereocenters. The first-order chi connectivity index (χ1) is 12.1. The Morgan fingerprint density at radius 1 is 1.20 bits per heavy atom. The highest BCUT2D eigenvalue weighted by molar-refractivity contribution is 5.78. The van der Waals surface area contributed by atoms with Crippen LogP contribution in [-0.4, -0.2) is 59.6 Å². The third-order valence-electron chi connectivity index (χ3n) is 4.34. The molecular weight excluding hydrogens is 322 g/mol. The van der Waals surface area contributed by atoms with Crippen molar-refractivity contribution in [2.75, 3.05) is 32.8 Å². The number of nitrogens with zero attached hydrogens (tertiary/aromatic N) is 3. The van der Waals surface area contributed by atoms with Crippen LogP contribution in [0.15, 0.2) is 22.6 Å². The summed E-state index contributed by atoms with van der Waals surface area (Å²) in [5.74, 6) is 0.752. The SMILES string of the molecule is CCOC(=O)N1CCN(C(=O)CCc2ccc3oc(C)nc3c2)CC1. The minimum atomic E-state index is -0.300. The van der Waals surface area contributed by atoms with E-state index in [1.54, 1.807) is 11.8 Å². The lowest BCUT2D eigenvalue weighted by Crippen LogP contribution is -2.50. The number of carbonyl (C=O) groups is 2. The average Bonchev–Trinajstić information content (AvgIpc) is 2.99.